The molecule has 7 heteroatoms. The number of halogens is 5. The van der Waals surface area contributed by atoms with Crippen molar-refractivity contribution in [3.05, 3.63) is 63.6 Å². The highest BCUT2D eigenvalue weighted by atomic mass is 79.9. The van der Waals surface area contributed by atoms with E-state index in [0.717, 1.165) is 16.6 Å². The van der Waals surface area contributed by atoms with Gasteiger partial charge in [0.05, 0.1) is 5.56 Å². The third-order valence-corrected chi connectivity index (χ3v) is 3.41. The molecular formula is C14H11BrF4N2. The first-order chi connectivity index (χ1) is 9.77. The van der Waals surface area contributed by atoms with E-state index in [1.54, 1.807) is 18.3 Å². The van der Waals surface area contributed by atoms with Crippen LogP contribution in [0.5, 0.6) is 0 Å². The SMILES string of the molecule is NC(Cc1ccc(Br)cn1)c1cc(C(F)(F)F)ccc1F. The largest absolute Gasteiger partial charge is 0.416 e. The fourth-order valence-electron chi connectivity index (χ4n) is 1.87. The standard InChI is InChI=1S/C14H11BrF4N2/c15-9-2-3-10(21-7-9)6-13(20)11-5-8(14(17,18)19)1-4-12(11)16/h1-5,7,13H,6,20H2. The fraction of sp³-hybridized carbons (Fsp3) is 0.214. The van der Waals surface area contributed by atoms with Crippen LogP contribution < -0.4 is 5.73 Å². The zero-order valence-corrected chi connectivity index (χ0v) is 12.2. The number of rotatable bonds is 3. The van der Waals surface area contributed by atoms with Crippen molar-refractivity contribution in [2.75, 3.05) is 0 Å². The molecule has 2 rings (SSSR count). The van der Waals surface area contributed by atoms with Gasteiger partial charge >= 0.3 is 6.18 Å². The Morgan fingerprint density at radius 1 is 1.19 bits per heavy atom. The summed E-state index contributed by atoms with van der Waals surface area (Å²) in [6.45, 7) is 0. The van der Waals surface area contributed by atoms with E-state index in [1.165, 1.54) is 0 Å². The second kappa shape index (κ2) is 6.11. The lowest BCUT2D eigenvalue weighted by Gasteiger charge is -2.15. The van der Waals surface area contributed by atoms with Gasteiger partial charge in [-0.25, -0.2) is 4.39 Å². The zero-order chi connectivity index (χ0) is 15.6. The van der Waals surface area contributed by atoms with Crippen LogP contribution in [0.15, 0.2) is 41.0 Å². The van der Waals surface area contributed by atoms with E-state index in [2.05, 4.69) is 20.9 Å². The average molecular weight is 363 g/mol. The summed E-state index contributed by atoms with van der Waals surface area (Å²) in [6.07, 6.45) is -2.84. The number of hydrogen-bond acceptors (Lipinski definition) is 2. The summed E-state index contributed by atoms with van der Waals surface area (Å²) in [5.41, 5.74) is 5.30. The van der Waals surface area contributed by atoms with Crippen molar-refractivity contribution < 1.29 is 17.6 Å². The molecule has 1 aromatic heterocycles. The van der Waals surface area contributed by atoms with E-state index in [-0.39, 0.29) is 12.0 Å². The number of pyridine rings is 1. The predicted molar refractivity (Wildman–Crippen MR) is 74.0 cm³/mol. The van der Waals surface area contributed by atoms with Gasteiger partial charge in [0.25, 0.3) is 0 Å². The van der Waals surface area contributed by atoms with Crippen LogP contribution in [0.25, 0.3) is 0 Å². The minimum atomic E-state index is -4.53. The van der Waals surface area contributed by atoms with Crippen LogP contribution in [-0.4, -0.2) is 4.98 Å². The maximum absolute atomic E-state index is 13.7. The van der Waals surface area contributed by atoms with Gasteiger partial charge < -0.3 is 5.73 Å². The second-order valence-electron chi connectivity index (χ2n) is 4.51. The molecule has 1 aromatic carbocycles. The molecule has 2 nitrogen and oxygen atoms in total. The molecule has 0 fully saturated rings. The number of alkyl halides is 3. The molecule has 2 aromatic rings. The monoisotopic (exact) mass is 362 g/mol. The molecule has 0 bridgehead atoms. The molecule has 112 valence electrons. The van der Waals surface area contributed by atoms with E-state index >= 15 is 0 Å². The molecule has 0 spiro atoms. The van der Waals surface area contributed by atoms with Gasteiger partial charge in [-0.1, -0.05) is 0 Å². The molecule has 0 radical (unpaired) electrons. The van der Waals surface area contributed by atoms with Gasteiger partial charge in [-0.3, -0.25) is 4.98 Å². The van der Waals surface area contributed by atoms with Gasteiger partial charge in [0.2, 0.25) is 0 Å². The Morgan fingerprint density at radius 3 is 2.48 bits per heavy atom. The van der Waals surface area contributed by atoms with E-state index in [1.807, 2.05) is 0 Å². The molecule has 1 unspecified atom stereocenters. The molecule has 0 aliphatic heterocycles. The van der Waals surface area contributed by atoms with Crippen LogP contribution in [0.3, 0.4) is 0 Å². The molecule has 0 aliphatic carbocycles. The molecule has 0 aliphatic rings. The maximum Gasteiger partial charge on any atom is 0.416 e. The summed E-state index contributed by atoms with van der Waals surface area (Å²) >= 11 is 3.22. The number of hydrogen-bond donors (Lipinski definition) is 1. The molecular weight excluding hydrogens is 352 g/mol. The zero-order valence-electron chi connectivity index (χ0n) is 10.7. The highest BCUT2D eigenvalue weighted by Gasteiger charge is 2.31. The Hall–Kier alpha value is -1.47. The normalized spacial score (nSPS) is 13.2. The molecule has 21 heavy (non-hydrogen) atoms. The summed E-state index contributed by atoms with van der Waals surface area (Å²) < 4.78 is 52.4. The first-order valence-corrected chi connectivity index (χ1v) is 6.79. The van der Waals surface area contributed by atoms with Crippen LogP contribution in [0.4, 0.5) is 17.6 Å². The van der Waals surface area contributed by atoms with E-state index in [9.17, 15) is 17.6 Å². The smallest absolute Gasteiger partial charge is 0.324 e. The van der Waals surface area contributed by atoms with Crippen LogP contribution in [0.2, 0.25) is 0 Å². The topological polar surface area (TPSA) is 38.9 Å². The molecule has 1 atom stereocenters. The highest BCUT2D eigenvalue weighted by molar-refractivity contribution is 9.10. The lowest BCUT2D eigenvalue weighted by atomic mass is 9.99. The van der Waals surface area contributed by atoms with Gasteiger partial charge in [0.1, 0.15) is 5.82 Å². The average Bonchev–Trinajstić information content (AvgIpc) is 2.40. The van der Waals surface area contributed by atoms with Crippen LogP contribution in [0.1, 0.15) is 22.9 Å². The van der Waals surface area contributed by atoms with Crippen molar-refractivity contribution in [3.63, 3.8) is 0 Å². The van der Waals surface area contributed by atoms with Gasteiger partial charge in [-0.05, 0) is 46.3 Å². The molecule has 0 saturated carbocycles. The van der Waals surface area contributed by atoms with Gasteiger partial charge in [0.15, 0.2) is 0 Å². The van der Waals surface area contributed by atoms with Crippen LogP contribution >= 0.6 is 15.9 Å². The van der Waals surface area contributed by atoms with Crippen LogP contribution in [-0.2, 0) is 12.6 Å². The molecule has 1 heterocycles. The summed E-state index contributed by atoms with van der Waals surface area (Å²) in [7, 11) is 0. The maximum atomic E-state index is 13.7. The Balaban J connectivity index is 2.26. The lowest BCUT2D eigenvalue weighted by molar-refractivity contribution is -0.137. The third-order valence-electron chi connectivity index (χ3n) is 2.94. The first-order valence-electron chi connectivity index (χ1n) is 6.00. The van der Waals surface area contributed by atoms with Crippen molar-refractivity contribution in [1.29, 1.82) is 0 Å². The van der Waals surface area contributed by atoms with Crippen molar-refractivity contribution in [3.8, 4) is 0 Å². The van der Waals surface area contributed by atoms with Gasteiger partial charge in [0, 0.05) is 34.4 Å². The predicted octanol–water partition coefficient (Wildman–Crippen LogP) is 4.24. The fourth-order valence-corrected chi connectivity index (χ4v) is 2.10. The first kappa shape index (κ1) is 15.9. The minimum absolute atomic E-state index is 0.144. The van der Waals surface area contributed by atoms with E-state index in [4.69, 9.17) is 5.73 Å². The quantitative estimate of drug-likeness (QED) is 0.829. The number of benzene rings is 1. The van der Waals surface area contributed by atoms with Crippen molar-refractivity contribution in [2.45, 2.75) is 18.6 Å². The summed E-state index contributed by atoms with van der Waals surface area (Å²) in [4.78, 5) is 4.07. The van der Waals surface area contributed by atoms with E-state index in [0.29, 0.717) is 11.8 Å². The molecule has 0 saturated heterocycles. The van der Waals surface area contributed by atoms with Gasteiger partial charge in [-0.15, -0.1) is 0 Å². The Bertz CT molecular complexity index is 626. The number of nitrogens with two attached hydrogens (primary N) is 1. The number of aromatic nitrogens is 1. The van der Waals surface area contributed by atoms with Crippen LogP contribution in [0, 0.1) is 5.82 Å². The Labute approximate surface area is 127 Å². The molecule has 0 amide bonds. The Morgan fingerprint density at radius 2 is 1.90 bits per heavy atom. The highest BCUT2D eigenvalue weighted by Crippen LogP contribution is 2.32. The Kier molecular flexibility index (Phi) is 4.63. The van der Waals surface area contributed by atoms with Crippen molar-refractivity contribution >= 4 is 15.9 Å². The minimum Gasteiger partial charge on any atom is -0.324 e. The summed E-state index contributed by atoms with van der Waals surface area (Å²) in [5, 5.41) is 0. The second-order valence-corrected chi connectivity index (χ2v) is 5.43. The summed E-state index contributed by atoms with van der Waals surface area (Å²) in [5.74, 6) is -0.757. The third kappa shape index (κ3) is 4.01. The number of nitrogens with zero attached hydrogens (tertiary/aromatic N) is 1. The van der Waals surface area contributed by atoms with Crippen molar-refractivity contribution in [1.82, 2.24) is 4.98 Å². The van der Waals surface area contributed by atoms with E-state index < -0.39 is 23.6 Å². The summed E-state index contributed by atoms with van der Waals surface area (Å²) in [6, 6.07) is 4.74. The van der Waals surface area contributed by atoms with Crippen molar-refractivity contribution in [2.24, 2.45) is 5.73 Å². The lowest BCUT2D eigenvalue weighted by Crippen LogP contribution is -2.17. The molecule has 2 N–H and O–H groups in total. The van der Waals surface area contributed by atoms with Gasteiger partial charge in [-0.2, -0.15) is 13.2 Å².